The number of carbonyl (C=O) groups excluding carboxylic acids is 2. The molecule has 37 heavy (non-hydrogen) atoms. The number of ether oxygens (including phenoxy) is 6. The lowest BCUT2D eigenvalue weighted by molar-refractivity contribution is -0.358. The monoisotopic (exact) mass is 515 g/mol. The van der Waals surface area contributed by atoms with Crippen LogP contribution in [0.5, 0.6) is 0 Å². The molecule has 4 heterocycles. The molecule has 5 rings (SSSR count). The van der Waals surface area contributed by atoms with E-state index in [1.54, 1.807) is 25.1 Å². The predicted molar refractivity (Wildman–Crippen MR) is 122 cm³/mol. The average Bonchev–Trinajstić information content (AvgIpc) is 3.32. The smallest absolute Gasteiger partial charge is 0.362 e. The molecule has 13 heteroatoms. The Morgan fingerprint density at radius 3 is 2.65 bits per heavy atom. The van der Waals surface area contributed by atoms with Gasteiger partial charge in [-0.05, 0) is 19.1 Å². The Balaban J connectivity index is 1.35. The largest absolute Gasteiger partial charge is 0.455 e. The number of para-hydroxylation sites is 1. The highest BCUT2D eigenvalue weighted by atomic mass is 16.8. The van der Waals surface area contributed by atoms with E-state index in [1.165, 1.54) is 24.7 Å². The molecule has 13 nitrogen and oxygen atoms in total. The van der Waals surface area contributed by atoms with Crippen molar-refractivity contribution in [1.82, 2.24) is 15.0 Å². The topological polar surface area (TPSA) is 150 Å². The van der Waals surface area contributed by atoms with Crippen LogP contribution in [0.2, 0.25) is 0 Å². The van der Waals surface area contributed by atoms with Crippen molar-refractivity contribution in [2.45, 2.75) is 64.4 Å². The van der Waals surface area contributed by atoms with Crippen molar-refractivity contribution < 1.29 is 42.4 Å². The van der Waals surface area contributed by atoms with Gasteiger partial charge in [0.1, 0.15) is 23.5 Å². The van der Waals surface area contributed by atoms with E-state index < -0.39 is 54.6 Å². The second-order valence-corrected chi connectivity index (χ2v) is 8.62. The first kappa shape index (κ1) is 25.0. The molecular weight excluding hydrogens is 490 g/mol. The molecule has 2 aromatic heterocycles. The minimum Gasteiger partial charge on any atom is -0.455 e. The van der Waals surface area contributed by atoms with Crippen LogP contribution < -0.4 is 5.63 Å². The first-order chi connectivity index (χ1) is 17.8. The molecule has 1 aromatic carbocycles. The summed E-state index contributed by atoms with van der Waals surface area (Å²) in [5.41, 5.74) is 0.404. The van der Waals surface area contributed by atoms with Gasteiger partial charge in [0, 0.05) is 19.2 Å². The van der Waals surface area contributed by atoms with Crippen molar-refractivity contribution >= 4 is 22.9 Å². The zero-order chi connectivity index (χ0) is 26.1. The van der Waals surface area contributed by atoms with Gasteiger partial charge in [0.2, 0.25) is 0 Å². The van der Waals surface area contributed by atoms with Crippen molar-refractivity contribution in [3.8, 4) is 5.69 Å². The van der Waals surface area contributed by atoms with Crippen LogP contribution >= 0.6 is 0 Å². The van der Waals surface area contributed by atoms with E-state index in [0.29, 0.717) is 11.3 Å². The van der Waals surface area contributed by atoms with Gasteiger partial charge in [-0.2, -0.15) is 0 Å². The summed E-state index contributed by atoms with van der Waals surface area (Å²) in [5, 5.41) is 8.78. The molecule has 2 fully saturated rings. The number of benzene rings is 1. The van der Waals surface area contributed by atoms with E-state index in [4.69, 9.17) is 32.8 Å². The zero-order valence-electron chi connectivity index (χ0n) is 20.3. The number of nitrogens with zero attached hydrogens (tertiary/aromatic N) is 3. The van der Waals surface area contributed by atoms with Gasteiger partial charge in [0.15, 0.2) is 30.5 Å². The van der Waals surface area contributed by atoms with Crippen molar-refractivity contribution in [2.75, 3.05) is 6.61 Å². The first-order valence-corrected chi connectivity index (χ1v) is 11.6. The zero-order valence-corrected chi connectivity index (χ0v) is 20.3. The molecule has 2 saturated heterocycles. The Morgan fingerprint density at radius 1 is 1.11 bits per heavy atom. The van der Waals surface area contributed by atoms with E-state index >= 15 is 0 Å². The van der Waals surface area contributed by atoms with E-state index in [9.17, 15) is 14.4 Å². The fourth-order valence-corrected chi connectivity index (χ4v) is 4.31. The van der Waals surface area contributed by atoms with E-state index in [2.05, 4.69) is 10.3 Å². The highest BCUT2D eigenvalue weighted by Gasteiger charge is 2.53. The van der Waals surface area contributed by atoms with Gasteiger partial charge in [-0.1, -0.05) is 23.4 Å². The Kier molecular flexibility index (Phi) is 7.02. The summed E-state index contributed by atoms with van der Waals surface area (Å²) in [4.78, 5) is 36.2. The lowest BCUT2D eigenvalue weighted by Gasteiger charge is -2.47. The number of aromatic nitrogens is 3. The lowest BCUT2D eigenvalue weighted by atomic mass is 9.97. The molecule has 1 unspecified atom stereocenters. The molecule has 0 saturated carbocycles. The fraction of sp³-hybridized carbons (Fsp3) is 0.458. The molecule has 2 aliphatic heterocycles. The maximum absolute atomic E-state index is 12.5. The van der Waals surface area contributed by atoms with Gasteiger partial charge in [-0.15, -0.1) is 5.10 Å². The highest BCUT2D eigenvalue weighted by molar-refractivity contribution is 5.77. The Labute approximate surface area is 210 Å². The molecule has 0 bridgehead atoms. The average molecular weight is 515 g/mol. The van der Waals surface area contributed by atoms with Crippen LogP contribution in [0.1, 0.15) is 26.5 Å². The van der Waals surface area contributed by atoms with Gasteiger partial charge in [-0.3, -0.25) is 9.59 Å². The number of carbonyl (C=O) groups is 2. The van der Waals surface area contributed by atoms with Crippen LogP contribution in [0.3, 0.4) is 0 Å². The highest BCUT2D eigenvalue weighted by Crippen LogP contribution is 2.33. The third kappa shape index (κ3) is 5.39. The maximum atomic E-state index is 12.5. The van der Waals surface area contributed by atoms with Crippen LogP contribution in [0.15, 0.2) is 45.7 Å². The van der Waals surface area contributed by atoms with Gasteiger partial charge >= 0.3 is 17.6 Å². The third-order valence-corrected chi connectivity index (χ3v) is 5.85. The van der Waals surface area contributed by atoms with Crippen molar-refractivity contribution in [3.05, 3.63) is 52.6 Å². The summed E-state index contributed by atoms with van der Waals surface area (Å²) in [5.74, 6) is -1.20. The van der Waals surface area contributed by atoms with Crippen LogP contribution in [0.4, 0.5) is 0 Å². The summed E-state index contributed by atoms with van der Waals surface area (Å²) in [6.07, 6.45) is -3.68. The molecular formula is C24H25N3O10. The summed E-state index contributed by atoms with van der Waals surface area (Å²) in [6.45, 7) is 4.20. The van der Waals surface area contributed by atoms with Crippen molar-refractivity contribution in [1.29, 1.82) is 0 Å². The Bertz CT molecular complexity index is 1350. The number of fused-ring (bicyclic) bond motifs is 2. The minimum atomic E-state index is -1.13. The van der Waals surface area contributed by atoms with Crippen molar-refractivity contribution in [3.63, 3.8) is 0 Å². The first-order valence-electron chi connectivity index (χ1n) is 11.6. The number of hydrogen-bond acceptors (Lipinski definition) is 12. The lowest BCUT2D eigenvalue weighted by Crippen LogP contribution is -2.64. The summed E-state index contributed by atoms with van der Waals surface area (Å²) >= 11 is 0. The number of hydrogen-bond donors (Lipinski definition) is 0. The molecule has 0 spiro atoms. The van der Waals surface area contributed by atoms with Crippen LogP contribution in [-0.2, 0) is 44.6 Å². The number of rotatable bonds is 6. The Morgan fingerprint density at radius 2 is 1.86 bits per heavy atom. The van der Waals surface area contributed by atoms with E-state index in [-0.39, 0.29) is 18.9 Å². The molecule has 2 aliphatic rings. The summed E-state index contributed by atoms with van der Waals surface area (Å²) in [7, 11) is 0. The number of esters is 2. The molecule has 3 aromatic rings. The molecule has 0 N–H and O–H groups in total. The summed E-state index contributed by atoms with van der Waals surface area (Å²) in [6, 6.07) is 8.75. The van der Waals surface area contributed by atoms with Crippen molar-refractivity contribution in [2.24, 2.45) is 0 Å². The third-order valence-electron chi connectivity index (χ3n) is 5.85. The van der Waals surface area contributed by atoms with E-state index in [1.807, 2.05) is 12.1 Å². The molecule has 196 valence electrons. The normalized spacial score (nSPS) is 27.4. The van der Waals surface area contributed by atoms with Gasteiger partial charge in [-0.25, -0.2) is 9.48 Å². The maximum Gasteiger partial charge on any atom is 0.362 e. The quantitative estimate of drug-likeness (QED) is 0.343. The van der Waals surface area contributed by atoms with Gasteiger partial charge < -0.3 is 32.8 Å². The van der Waals surface area contributed by atoms with E-state index in [0.717, 1.165) is 5.39 Å². The molecule has 0 amide bonds. The van der Waals surface area contributed by atoms with Crippen LogP contribution in [0, 0.1) is 0 Å². The molecule has 6 atom stereocenters. The Hall–Kier alpha value is -3.65. The molecule has 0 aliphatic carbocycles. The van der Waals surface area contributed by atoms with Gasteiger partial charge in [0.25, 0.3) is 0 Å². The summed E-state index contributed by atoms with van der Waals surface area (Å²) < 4.78 is 40.7. The van der Waals surface area contributed by atoms with Crippen LogP contribution in [-0.4, -0.2) is 70.5 Å². The fourth-order valence-electron chi connectivity index (χ4n) is 4.31. The predicted octanol–water partition coefficient (Wildman–Crippen LogP) is 1.24. The van der Waals surface area contributed by atoms with Crippen LogP contribution in [0.25, 0.3) is 16.7 Å². The standard InChI is InChI=1S/C24H25N3O10/c1-12(28)33-21-20-19(11-31-14(3)35-20)37-24(22(21)34-13(2)29)32-10-16-9-27(26-25-16)17-8-15-6-4-5-7-18(15)36-23(17)30/h4-9,14,19-22,24H,10-11H2,1-3H3/t14?,19-,20-,21+,22-,24-/m1/s1. The SMILES string of the molecule is CC(=O)O[C@@H]1[C@@H](OC(C)=O)[C@H](OCc2cn(-c3cc4ccccc4oc3=O)nn2)O[C@@H]2COC(C)O[C@@H]12. The molecule has 0 radical (unpaired) electrons. The minimum absolute atomic E-state index is 0.121. The van der Waals surface area contributed by atoms with Gasteiger partial charge in [0.05, 0.1) is 19.4 Å². The second-order valence-electron chi connectivity index (χ2n) is 8.62. The second kappa shape index (κ2) is 10.4.